The van der Waals surface area contributed by atoms with Crippen LogP contribution in [0.2, 0.25) is 0 Å². The van der Waals surface area contributed by atoms with Crippen molar-refractivity contribution in [3.05, 3.63) is 11.1 Å². The van der Waals surface area contributed by atoms with Crippen molar-refractivity contribution in [3.8, 4) is 0 Å². The first-order valence-corrected chi connectivity index (χ1v) is 6.89. The van der Waals surface area contributed by atoms with Gasteiger partial charge in [0, 0.05) is 6.42 Å². The second-order valence-corrected chi connectivity index (χ2v) is 6.01. The molecular formula is C15H24O2. The molecule has 0 amide bonds. The fraction of sp³-hybridized carbons (Fsp3) is 0.800. The van der Waals surface area contributed by atoms with Crippen LogP contribution in [-0.4, -0.2) is 17.0 Å². The van der Waals surface area contributed by atoms with E-state index in [9.17, 15) is 9.90 Å². The molecular weight excluding hydrogens is 212 g/mol. The molecule has 96 valence electrons. The third-order valence-corrected chi connectivity index (χ3v) is 5.21. The van der Waals surface area contributed by atoms with Crippen LogP contribution in [0.4, 0.5) is 0 Å². The first-order valence-electron chi connectivity index (χ1n) is 6.89. The van der Waals surface area contributed by atoms with Gasteiger partial charge in [-0.3, -0.25) is 4.79 Å². The minimum Gasteiger partial charge on any atom is -0.393 e. The second-order valence-electron chi connectivity index (χ2n) is 6.01. The van der Waals surface area contributed by atoms with E-state index in [1.165, 1.54) is 5.57 Å². The van der Waals surface area contributed by atoms with Gasteiger partial charge in [-0.2, -0.15) is 0 Å². The summed E-state index contributed by atoms with van der Waals surface area (Å²) in [5, 5.41) is 10.1. The zero-order valence-corrected chi connectivity index (χ0v) is 11.3. The lowest BCUT2D eigenvalue weighted by atomic mass is 9.66. The molecule has 0 aliphatic heterocycles. The Hall–Kier alpha value is -0.630. The molecule has 0 aromatic heterocycles. The maximum absolute atomic E-state index is 11.7. The lowest BCUT2D eigenvalue weighted by Crippen LogP contribution is -2.35. The molecule has 0 aromatic rings. The minimum atomic E-state index is -0.128. The average molecular weight is 236 g/mol. The number of aliphatic hydroxyl groups is 1. The Bertz CT molecular complexity index is 356. The third kappa shape index (κ3) is 2.08. The monoisotopic (exact) mass is 236 g/mol. The molecule has 0 heterocycles. The summed E-state index contributed by atoms with van der Waals surface area (Å²) in [6.07, 6.45) is 5.62. The van der Waals surface area contributed by atoms with Gasteiger partial charge >= 0.3 is 0 Å². The smallest absolute Gasteiger partial charge is 0.158 e. The maximum atomic E-state index is 11.7. The molecule has 0 saturated heterocycles. The summed E-state index contributed by atoms with van der Waals surface area (Å²) in [4.78, 5) is 11.7. The van der Waals surface area contributed by atoms with Crippen molar-refractivity contribution >= 4 is 5.78 Å². The highest BCUT2D eigenvalue weighted by molar-refractivity contribution is 5.95. The number of fused-ring (bicyclic) bond motifs is 1. The molecule has 2 aliphatic carbocycles. The molecule has 2 aliphatic rings. The van der Waals surface area contributed by atoms with Crippen molar-refractivity contribution < 1.29 is 9.90 Å². The van der Waals surface area contributed by atoms with Crippen LogP contribution in [0.25, 0.3) is 0 Å². The zero-order chi connectivity index (χ0) is 12.6. The molecule has 0 bridgehead atoms. The predicted octanol–water partition coefficient (Wildman–Crippen LogP) is 3.24. The largest absolute Gasteiger partial charge is 0.393 e. The van der Waals surface area contributed by atoms with E-state index in [0.29, 0.717) is 18.1 Å². The van der Waals surface area contributed by atoms with Gasteiger partial charge < -0.3 is 5.11 Å². The Morgan fingerprint density at radius 3 is 2.82 bits per heavy atom. The van der Waals surface area contributed by atoms with Crippen LogP contribution in [0.15, 0.2) is 11.1 Å². The van der Waals surface area contributed by atoms with Gasteiger partial charge in [-0.05, 0) is 55.9 Å². The van der Waals surface area contributed by atoms with Crippen LogP contribution in [-0.2, 0) is 4.79 Å². The van der Waals surface area contributed by atoms with E-state index in [-0.39, 0.29) is 11.5 Å². The van der Waals surface area contributed by atoms with Gasteiger partial charge in [-0.15, -0.1) is 0 Å². The van der Waals surface area contributed by atoms with E-state index in [1.54, 1.807) is 0 Å². The lowest BCUT2D eigenvalue weighted by molar-refractivity contribution is -0.115. The van der Waals surface area contributed by atoms with E-state index in [0.717, 1.165) is 37.7 Å². The van der Waals surface area contributed by atoms with Crippen LogP contribution in [0.1, 0.15) is 59.3 Å². The van der Waals surface area contributed by atoms with Gasteiger partial charge in [-0.1, -0.05) is 19.4 Å². The van der Waals surface area contributed by atoms with Crippen molar-refractivity contribution in [2.24, 2.45) is 11.3 Å². The highest BCUT2D eigenvalue weighted by Crippen LogP contribution is 2.53. The van der Waals surface area contributed by atoms with Gasteiger partial charge in [0.2, 0.25) is 0 Å². The van der Waals surface area contributed by atoms with Crippen LogP contribution in [0, 0.1) is 11.3 Å². The number of carbonyl (C=O) groups is 1. The van der Waals surface area contributed by atoms with E-state index >= 15 is 0 Å². The van der Waals surface area contributed by atoms with Crippen molar-refractivity contribution in [1.82, 2.24) is 0 Å². The van der Waals surface area contributed by atoms with Crippen LogP contribution < -0.4 is 0 Å². The van der Waals surface area contributed by atoms with Gasteiger partial charge in [0.05, 0.1) is 6.10 Å². The van der Waals surface area contributed by atoms with E-state index in [4.69, 9.17) is 0 Å². The summed E-state index contributed by atoms with van der Waals surface area (Å²) in [6.45, 7) is 6.14. The van der Waals surface area contributed by atoms with Crippen LogP contribution >= 0.6 is 0 Å². The number of Topliss-reactive ketones (excluding diaryl/α,β-unsaturated/α-hetero) is 1. The molecule has 2 nitrogen and oxygen atoms in total. The molecule has 17 heavy (non-hydrogen) atoms. The quantitative estimate of drug-likeness (QED) is 0.747. The number of aliphatic hydroxyl groups excluding tert-OH is 1. The van der Waals surface area contributed by atoms with Crippen LogP contribution in [0.3, 0.4) is 0 Å². The van der Waals surface area contributed by atoms with E-state index in [2.05, 4.69) is 6.92 Å². The summed E-state index contributed by atoms with van der Waals surface area (Å²) < 4.78 is 0. The Morgan fingerprint density at radius 1 is 1.47 bits per heavy atom. The number of carbonyl (C=O) groups excluding carboxylic acids is 1. The normalized spacial score (nSPS) is 40.0. The molecule has 2 heteroatoms. The summed E-state index contributed by atoms with van der Waals surface area (Å²) in [6, 6.07) is 0. The summed E-state index contributed by atoms with van der Waals surface area (Å²) in [5.41, 5.74) is 2.46. The first-order chi connectivity index (χ1) is 7.99. The lowest BCUT2D eigenvalue weighted by Gasteiger charge is -2.40. The summed E-state index contributed by atoms with van der Waals surface area (Å²) in [5.74, 6) is 0.878. The SMILES string of the molecule is CCC(=O)/C(C)=C1/CCC2(C)C(O)CCC2C1. The fourth-order valence-electron chi connectivity index (χ4n) is 3.62. The van der Waals surface area contributed by atoms with Crippen LogP contribution in [0.5, 0.6) is 0 Å². The number of hydrogen-bond acceptors (Lipinski definition) is 2. The van der Waals surface area contributed by atoms with Crippen molar-refractivity contribution in [1.29, 1.82) is 0 Å². The summed E-state index contributed by atoms with van der Waals surface area (Å²) >= 11 is 0. The zero-order valence-electron chi connectivity index (χ0n) is 11.3. The van der Waals surface area contributed by atoms with Gasteiger partial charge in [0.15, 0.2) is 5.78 Å². The Morgan fingerprint density at radius 2 is 2.18 bits per heavy atom. The number of rotatable bonds is 2. The molecule has 2 saturated carbocycles. The van der Waals surface area contributed by atoms with E-state index in [1.807, 2.05) is 13.8 Å². The molecule has 0 aromatic carbocycles. The Balaban J connectivity index is 2.17. The molecule has 2 rings (SSSR count). The molecule has 3 unspecified atom stereocenters. The maximum Gasteiger partial charge on any atom is 0.158 e. The number of allylic oxidation sites excluding steroid dienone is 2. The molecule has 0 radical (unpaired) electrons. The highest BCUT2D eigenvalue weighted by Gasteiger charge is 2.47. The standard InChI is InChI=1S/C15H24O2/c1-4-13(16)10(2)11-7-8-15(3)12(9-11)5-6-14(15)17/h12,14,17H,4-9H2,1-3H3/b11-10-. The molecule has 1 N–H and O–H groups in total. The van der Waals surface area contributed by atoms with Gasteiger partial charge in [0.25, 0.3) is 0 Å². The number of hydrogen-bond donors (Lipinski definition) is 1. The van der Waals surface area contributed by atoms with Crippen molar-refractivity contribution in [2.75, 3.05) is 0 Å². The third-order valence-electron chi connectivity index (χ3n) is 5.21. The molecule has 0 spiro atoms. The minimum absolute atomic E-state index is 0.110. The average Bonchev–Trinajstić information content (AvgIpc) is 2.63. The van der Waals surface area contributed by atoms with E-state index < -0.39 is 0 Å². The highest BCUT2D eigenvalue weighted by atomic mass is 16.3. The molecule has 2 fully saturated rings. The predicted molar refractivity (Wildman–Crippen MR) is 68.7 cm³/mol. The van der Waals surface area contributed by atoms with Gasteiger partial charge in [-0.25, -0.2) is 0 Å². The second kappa shape index (κ2) is 4.56. The first kappa shape index (κ1) is 12.8. The Labute approximate surface area is 104 Å². The number of ketones is 1. The Kier molecular flexibility index (Phi) is 3.44. The van der Waals surface area contributed by atoms with Crippen molar-refractivity contribution in [2.45, 2.75) is 65.4 Å². The van der Waals surface area contributed by atoms with Gasteiger partial charge in [0.1, 0.15) is 0 Å². The fourth-order valence-corrected chi connectivity index (χ4v) is 3.62. The topological polar surface area (TPSA) is 37.3 Å². The molecule has 3 atom stereocenters. The van der Waals surface area contributed by atoms with Crippen molar-refractivity contribution in [3.63, 3.8) is 0 Å². The summed E-state index contributed by atoms with van der Waals surface area (Å²) in [7, 11) is 0.